The van der Waals surface area contributed by atoms with Gasteiger partial charge in [0.25, 0.3) is 11.7 Å². The molecule has 0 radical (unpaired) electrons. The Morgan fingerprint density at radius 3 is 2.51 bits per heavy atom. The summed E-state index contributed by atoms with van der Waals surface area (Å²) in [7, 11) is 0. The number of aromatic carboxylic acids is 1. The van der Waals surface area contributed by atoms with Crippen LogP contribution in [0.15, 0.2) is 54.7 Å². The normalized spacial score (nSPS) is 21.6. The van der Waals surface area contributed by atoms with E-state index >= 15 is 0 Å². The number of morpholine rings is 1. The van der Waals surface area contributed by atoms with E-state index in [-0.39, 0.29) is 60.3 Å². The van der Waals surface area contributed by atoms with Crippen LogP contribution in [0.3, 0.4) is 0 Å². The zero-order chi connectivity index (χ0) is 29.0. The summed E-state index contributed by atoms with van der Waals surface area (Å²) in [5, 5.41) is 16.9. The molecule has 0 spiro atoms. The highest BCUT2D eigenvalue weighted by Crippen LogP contribution is 2.34. The first-order valence-corrected chi connectivity index (χ1v) is 14.0. The fourth-order valence-corrected chi connectivity index (χ4v) is 5.68. The molecule has 12 heteroatoms. The van der Waals surface area contributed by atoms with E-state index < -0.39 is 23.5 Å². The van der Waals surface area contributed by atoms with Crippen LogP contribution in [-0.2, 0) is 11.2 Å². The second kappa shape index (κ2) is 14.9. The van der Waals surface area contributed by atoms with Crippen LogP contribution in [0.5, 0.6) is 5.88 Å². The van der Waals surface area contributed by atoms with Gasteiger partial charge in [-0.1, -0.05) is 42.5 Å². The van der Waals surface area contributed by atoms with Gasteiger partial charge in [-0.15, -0.1) is 24.8 Å². The van der Waals surface area contributed by atoms with E-state index in [9.17, 15) is 19.1 Å². The number of hydrogen-bond acceptors (Lipinski definition) is 7. The van der Waals surface area contributed by atoms with Crippen molar-refractivity contribution in [2.75, 3.05) is 19.7 Å². The van der Waals surface area contributed by atoms with Gasteiger partial charge >= 0.3 is 0 Å². The van der Waals surface area contributed by atoms with E-state index in [2.05, 4.69) is 10.3 Å². The molecule has 2 fully saturated rings. The van der Waals surface area contributed by atoms with Crippen molar-refractivity contribution >= 4 is 36.7 Å². The molecule has 9 nitrogen and oxygen atoms in total. The largest absolute Gasteiger partial charge is 0.545 e. The summed E-state index contributed by atoms with van der Waals surface area (Å²) in [5.74, 6) is -3.79. The summed E-state index contributed by atoms with van der Waals surface area (Å²) in [6.07, 6.45) is 4.24. The number of benzene rings is 2. The van der Waals surface area contributed by atoms with Crippen LogP contribution in [0.2, 0.25) is 0 Å². The van der Waals surface area contributed by atoms with E-state index in [1.165, 1.54) is 0 Å². The van der Waals surface area contributed by atoms with Gasteiger partial charge in [-0.3, -0.25) is 4.79 Å². The summed E-state index contributed by atoms with van der Waals surface area (Å²) in [6.45, 7) is 3.13. The van der Waals surface area contributed by atoms with E-state index in [1.54, 1.807) is 19.1 Å². The predicted octanol–water partition coefficient (Wildman–Crippen LogP) is 2.31. The quantitative estimate of drug-likeness (QED) is 0.345. The maximum Gasteiger partial charge on any atom is 0.265 e. The standard InChI is InChI=1S/C31H35FN4O5.2ClH/c1-19-24(30(38)39)11-12-25(20-5-3-2-4-6-20)27(19)16-31(18-34-13-14-40-31)41-29-26(15-21(32)17-35-29)28(37)36-23-9-7-22(33)8-10-23;;/h2-6,11-12,15,17,22-23,34H,7-10,13-14,16,18,33H2,1H3,(H,36,37)(H,38,39);2*1H. The van der Waals surface area contributed by atoms with Gasteiger partial charge in [-0.05, 0) is 60.9 Å². The SMILES string of the molecule is Cc1c(C(=O)[O-])ccc(-c2ccccc2)c1CC1(Oc2ncc(F)cc2C(=O)NC2CCC(N)CC2)C[NH2+]CCO1.Cl.Cl. The molecule has 1 aliphatic heterocycles. The molecule has 1 saturated heterocycles. The van der Waals surface area contributed by atoms with Gasteiger partial charge in [0.1, 0.15) is 24.5 Å². The lowest BCUT2D eigenvalue weighted by atomic mass is 9.88. The molecular weight excluding hydrogens is 598 g/mol. The van der Waals surface area contributed by atoms with Crippen molar-refractivity contribution in [1.82, 2.24) is 10.3 Å². The molecule has 1 amide bonds. The Bertz CT molecular complexity index is 1410. The molecule has 1 saturated carbocycles. The van der Waals surface area contributed by atoms with Crippen molar-refractivity contribution in [3.8, 4) is 17.0 Å². The van der Waals surface area contributed by atoms with Crippen LogP contribution in [0.4, 0.5) is 4.39 Å². The monoisotopic (exact) mass is 634 g/mol. The predicted molar refractivity (Wildman–Crippen MR) is 162 cm³/mol. The maximum atomic E-state index is 14.4. The minimum absolute atomic E-state index is 0. The minimum Gasteiger partial charge on any atom is -0.545 e. The second-order valence-electron chi connectivity index (χ2n) is 10.8. The number of nitrogens with two attached hydrogens (primary N) is 2. The summed E-state index contributed by atoms with van der Waals surface area (Å²) >= 11 is 0. The fourth-order valence-electron chi connectivity index (χ4n) is 5.68. The highest BCUT2D eigenvalue weighted by atomic mass is 35.5. The van der Waals surface area contributed by atoms with Crippen LogP contribution < -0.4 is 26.2 Å². The van der Waals surface area contributed by atoms with Crippen molar-refractivity contribution < 1.29 is 33.9 Å². The van der Waals surface area contributed by atoms with Crippen molar-refractivity contribution in [3.63, 3.8) is 0 Å². The highest BCUT2D eigenvalue weighted by Gasteiger charge is 2.42. The van der Waals surface area contributed by atoms with E-state index in [4.69, 9.17) is 15.2 Å². The van der Waals surface area contributed by atoms with Crippen molar-refractivity contribution in [3.05, 3.63) is 82.8 Å². The zero-order valence-corrected chi connectivity index (χ0v) is 25.5. The third-order valence-corrected chi connectivity index (χ3v) is 7.94. The third kappa shape index (κ3) is 8.01. The lowest BCUT2D eigenvalue weighted by Crippen LogP contribution is -2.92. The molecule has 5 N–H and O–H groups in total. The highest BCUT2D eigenvalue weighted by molar-refractivity contribution is 5.96. The van der Waals surface area contributed by atoms with Crippen molar-refractivity contribution in [1.29, 1.82) is 0 Å². The summed E-state index contributed by atoms with van der Waals surface area (Å²) in [6, 6.07) is 14.1. The van der Waals surface area contributed by atoms with Gasteiger partial charge < -0.3 is 35.7 Å². The van der Waals surface area contributed by atoms with Gasteiger partial charge in [-0.25, -0.2) is 9.37 Å². The topological polar surface area (TPSA) is 143 Å². The Morgan fingerprint density at radius 1 is 1.14 bits per heavy atom. The maximum absolute atomic E-state index is 14.4. The number of ether oxygens (including phenoxy) is 2. The number of rotatable bonds is 8. The second-order valence-corrected chi connectivity index (χ2v) is 10.8. The van der Waals surface area contributed by atoms with E-state index in [1.807, 2.05) is 35.6 Å². The Labute approximate surface area is 262 Å². The average molecular weight is 636 g/mol. The minimum atomic E-state index is -1.31. The number of carbonyl (C=O) groups is 2. The zero-order valence-electron chi connectivity index (χ0n) is 23.8. The van der Waals surface area contributed by atoms with E-state index in [0.29, 0.717) is 30.8 Å². The molecular formula is C31H37Cl2FN4O5. The number of halogens is 3. The van der Waals surface area contributed by atoms with Gasteiger partial charge in [0.05, 0.1) is 18.7 Å². The molecule has 1 aromatic heterocycles. The molecule has 2 aromatic carbocycles. The number of pyridine rings is 1. The lowest BCUT2D eigenvalue weighted by molar-refractivity contribution is -0.695. The first-order valence-electron chi connectivity index (χ1n) is 14.0. The first kappa shape index (κ1) is 34.2. The molecule has 1 atom stereocenters. The number of carbonyl (C=O) groups excluding carboxylic acids is 2. The van der Waals surface area contributed by atoms with Crippen molar-refractivity contribution in [2.45, 2.75) is 56.9 Å². The number of aromatic nitrogens is 1. The number of nitrogens with one attached hydrogen (secondary N) is 1. The molecule has 3 aromatic rings. The Balaban J connectivity index is 0.00000253. The Hall–Kier alpha value is -3.28. The molecule has 2 heterocycles. The average Bonchev–Trinajstić information content (AvgIpc) is 2.97. The Kier molecular flexibility index (Phi) is 11.9. The van der Waals surface area contributed by atoms with Crippen LogP contribution in [0.25, 0.3) is 11.1 Å². The van der Waals surface area contributed by atoms with Crippen molar-refractivity contribution in [2.24, 2.45) is 5.73 Å². The lowest BCUT2D eigenvalue weighted by Gasteiger charge is -2.36. The molecule has 1 unspecified atom stereocenters. The first-order chi connectivity index (χ1) is 19.7. The molecule has 2 aliphatic rings. The molecule has 232 valence electrons. The van der Waals surface area contributed by atoms with Gasteiger partial charge in [0.2, 0.25) is 5.88 Å². The number of amides is 1. The number of carboxylic acids is 1. The number of carboxylic acid groups (broad SMARTS) is 1. The summed E-state index contributed by atoms with van der Waals surface area (Å²) in [4.78, 5) is 29.4. The van der Waals surface area contributed by atoms with Gasteiger partial charge in [-0.2, -0.15) is 0 Å². The Morgan fingerprint density at radius 2 is 1.86 bits per heavy atom. The molecule has 43 heavy (non-hydrogen) atoms. The van der Waals surface area contributed by atoms with E-state index in [0.717, 1.165) is 49.1 Å². The van der Waals surface area contributed by atoms with Gasteiger partial charge in [0.15, 0.2) is 0 Å². The van der Waals surface area contributed by atoms with Crippen LogP contribution in [0.1, 0.15) is 57.5 Å². The number of quaternary nitrogens is 1. The molecule has 5 rings (SSSR count). The molecule has 1 aliphatic carbocycles. The molecule has 0 bridgehead atoms. The summed E-state index contributed by atoms with van der Waals surface area (Å²) in [5.41, 5.74) is 9.01. The van der Waals surface area contributed by atoms with Gasteiger partial charge in [0, 0.05) is 24.1 Å². The third-order valence-electron chi connectivity index (χ3n) is 7.94. The van der Waals surface area contributed by atoms with Crippen LogP contribution >= 0.6 is 24.8 Å². The number of hydrogen-bond donors (Lipinski definition) is 3. The van der Waals surface area contributed by atoms with Crippen LogP contribution in [0, 0.1) is 12.7 Å². The number of nitrogens with zero attached hydrogens (tertiary/aromatic N) is 1. The smallest absolute Gasteiger partial charge is 0.265 e. The fraction of sp³-hybridized carbons (Fsp3) is 0.387. The van der Waals surface area contributed by atoms with Crippen LogP contribution in [-0.4, -0.2) is 54.4 Å². The summed E-state index contributed by atoms with van der Waals surface area (Å²) < 4.78 is 27.0.